The van der Waals surface area contributed by atoms with Crippen LogP contribution in [-0.4, -0.2) is 44.1 Å². The number of aliphatic hydroxyl groups is 1. The van der Waals surface area contributed by atoms with E-state index in [0.29, 0.717) is 11.3 Å². The lowest BCUT2D eigenvalue weighted by molar-refractivity contribution is -0.184. The summed E-state index contributed by atoms with van der Waals surface area (Å²) in [5.41, 5.74) is -0.435. The summed E-state index contributed by atoms with van der Waals surface area (Å²) < 4.78 is 23.1. The molecule has 0 aromatic heterocycles. The molecule has 1 N–H and O–H groups in total. The lowest BCUT2D eigenvalue weighted by atomic mass is 9.71. The van der Waals surface area contributed by atoms with E-state index in [4.69, 9.17) is 18.9 Å². The second-order valence-electron chi connectivity index (χ2n) is 8.72. The third-order valence-electron chi connectivity index (χ3n) is 7.04. The number of ketones is 1. The Hall–Kier alpha value is -2.93. The first kappa shape index (κ1) is 24.2. The Morgan fingerprint density at radius 3 is 2.53 bits per heavy atom. The van der Waals surface area contributed by atoms with Crippen molar-refractivity contribution in [1.82, 2.24) is 0 Å². The normalized spacial score (nSPS) is 29.6. The van der Waals surface area contributed by atoms with Crippen molar-refractivity contribution < 1.29 is 28.8 Å². The summed E-state index contributed by atoms with van der Waals surface area (Å²) in [6, 6.07) is 15.4. The molecule has 1 aliphatic heterocycles. The van der Waals surface area contributed by atoms with Crippen molar-refractivity contribution in [3.8, 4) is 5.75 Å². The summed E-state index contributed by atoms with van der Waals surface area (Å²) in [6.45, 7) is 5.94. The number of benzene rings is 2. The maximum absolute atomic E-state index is 13.7. The molecule has 2 fully saturated rings. The number of ether oxygens (including phenoxy) is 4. The lowest BCUT2D eigenvalue weighted by Gasteiger charge is -2.39. The number of carbonyl (C=O) groups excluding carboxylic acids is 1. The van der Waals surface area contributed by atoms with E-state index >= 15 is 0 Å². The molecule has 2 aromatic carbocycles. The van der Waals surface area contributed by atoms with Gasteiger partial charge >= 0.3 is 0 Å². The van der Waals surface area contributed by atoms with E-state index in [1.54, 1.807) is 19.2 Å². The topological polar surface area (TPSA) is 74.2 Å². The SMILES string of the molecule is C=C/C(OC)=C1\C(OC)O[C@@]2(c3ccc(OC)cc3)[C@H](c3cccc(CCC)c3)CC(=O)[C@@]12O. The van der Waals surface area contributed by atoms with Crippen LogP contribution < -0.4 is 4.74 Å². The molecule has 4 rings (SSSR count). The van der Waals surface area contributed by atoms with Crippen LogP contribution >= 0.6 is 0 Å². The molecule has 6 heteroatoms. The molecule has 0 radical (unpaired) electrons. The van der Waals surface area contributed by atoms with Gasteiger partial charge in [0.05, 0.1) is 19.8 Å². The largest absolute Gasteiger partial charge is 0.497 e. The molecule has 0 spiro atoms. The molecule has 1 heterocycles. The third kappa shape index (κ3) is 3.40. The Kier molecular flexibility index (Phi) is 6.67. The zero-order valence-electron chi connectivity index (χ0n) is 20.2. The van der Waals surface area contributed by atoms with Crippen molar-refractivity contribution in [3.63, 3.8) is 0 Å². The zero-order valence-corrected chi connectivity index (χ0v) is 20.2. The van der Waals surface area contributed by atoms with E-state index in [2.05, 4.69) is 25.6 Å². The number of Topliss-reactive ketones (excluding diaryl/α,β-unsaturated/α-hetero) is 1. The fourth-order valence-electron chi connectivity index (χ4n) is 5.54. The Morgan fingerprint density at radius 2 is 1.94 bits per heavy atom. The molecule has 6 nitrogen and oxygen atoms in total. The molecule has 2 aliphatic rings. The zero-order chi connectivity index (χ0) is 24.5. The predicted octanol–water partition coefficient (Wildman–Crippen LogP) is 4.42. The number of carbonyl (C=O) groups is 1. The minimum Gasteiger partial charge on any atom is -0.497 e. The van der Waals surface area contributed by atoms with Crippen LogP contribution in [0.15, 0.2) is 72.5 Å². The van der Waals surface area contributed by atoms with E-state index in [9.17, 15) is 9.90 Å². The molecule has 0 bridgehead atoms. The second-order valence-corrected chi connectivity index (χ2v) is 8.72. The van der Waals surface area contributed by atoms with Crippen molar-refractivity contribution in [2.24, 2.45) is 0 Å². The predicted molar refractivity (Wildman–Crippen MR) is 129 cm³/mol. The van der Waals surface area contributed by atoms with Crippen LogP contribution in [0.5, 0.6) is 5.75 Å². The number of methoxy groups -OCH3 is 3. The maximum atomic E-state index is 13.7. The highest BCUT2D eigenvalue weighted by Gasteiger charge is 2.75. The van der Waals surface area contributed by atoms with Gasteiger partial charge in [-0.05, 0) is 41.3 Å². The molecular weight excluding hydrogens is 432 g/mol. The second kappa shape index (κ2) is 9.37. The highest BCUT2D eigenvalue weighted by molar-refractivity contribution is 5.97. The minimum atomic E-state index is -2.01. The van der Waals surface area contributed by atoms with Gasteiger partial charge < -0.3 is 24.1 Å². The fourth-order valence-corrected chi connectivity index (χ4v) is 5.54. The lowest BCUT2D eigenvalue weighted by Crippen LogP contribution is -2.51. The van der Waals surface area contributed by atoms with Gasteiger partial charge in [-0.1, -0.05) is 56.3 Å². The van der Waals surface area contributed by atoms with Crippen LogP contribution in [0.3, 0.4) is 0 Å². The summed E-state index contributed by atoms with van der Waals surface area (Å²) in [7, 11) is 4.54. The van der Waals surface area contributed by atoms with E-state index in [0.717, 1.165) is 18.4 Å². The molecule has 34 heavy (non-hydrogen) atoms. The highest BCUT2D eigenvalue weighted by atomic mass is 16.7. The summed E-state index contributed by atoms with van der Waals surface area (Å²) in [6.07, 6.45) is 2.50. The first-order chi connectivity index (χ1) is 16.4. The van der Waals surface area contributed by atoms with Gasteiger partial charge in [-0.2, -0.15) is 0 Å². The van der Waals surface area contributed by atoms with E-state index in [1.165, 1.54) is 25.9 Å². The van der Waals surface area contributed by atoms with Crippen molar-refractivity contribution in [1.29, 1.82) is 0 Å². The van der Waals surface area contributed by atoms with Crippen LogP contribution in [0.1, 0.15) is 42.4 Å². The molecule has 180 valence electrons. The fraction of sp³-hybridized carbons (Fsp3) is 0.393. The average Bonchev–Trinajstić information content (AvgIpc) is 3.26. The number of fused-ring (bicyclic) bond motifs is 1. The van der Waals surface area contributed by atoms with Crippen molar-refractivity contribution in [2.45, 2.75) is 49.6 Å². The summed E-state index contributed by atoms with van der Waals surface area (Å²) in [5.74, 6) is 0.127. The van der Waals surface area contributed by atoms with Gasteiger partial charge in [-0.3, -0.25) is 4.79 Å². The summed E-state index contributed by atoms with van der Waals surface area (Å²) >= 11 is 0. The smallest absolute Gasteiger partial charge is 0.187 e. The molecule has 4 atom stereocenters. The number of aryl methyl sites for hydroxylation is 1. The van der Waals surface area contributed by atoms with Gasteiger partial charge in [0.25, 0.3) is 0 Å². The van der Waals surface area contributed by atoms with E-state index < -0.39 is 23.4 Å². The quantitative estimate of drug-likeness (QED) is 0.583. The molecule has 2 aromatic rings. The Morgan fingerprint density at radius 1 is 1.21 bits per heavy atom. The number of hydrogen-bond donors (Lipinski definition) is 1. The number of hydrogen-bond acceptors (Lipinski definition) is 6. The molecule has 1 unspecified atom stereocenters. The standard InChI is InChI=1S/C28H32O6/c1-6-9-18-10-8-11-19(16-18)22-17-24(29)27(30)25(23(7-2)32-4)26(33-5)34-28(22,27)20-12-14-21(31-3)15-13-20/h7-8,10-16,22,26,30H,2,6,9,17H2,1,3-5H3/b25-23-/t22-,26?,27+,28-/m0/s1. The molecular formula is C28H32O6. The first-order valence-corrected chi connectivity index (χ1v) is 11.5. The Labute approximate surface area is 200 Å². The van der Waals surface area contributed by atoms with Gasteiger partial charge in [0.15, 0.2) is 17.7 Å². The Bertz CT molecular complexity index is 1100. The molecule has 1 saturated heterocycles. The summed E-state index contributed by atoms with van der Waals surface area (Å²) in [4.78, 5) is 13.7. The third-order valence-corrected chi connectivity index (χ3v) is 7.04. The molecule has 1 saturated carbocycles. The van der Waals surface area contributed by atoms with Gasteiger partial charge in [0.2, 0.25) is 0 Å². The van der Waals surface area contributed by atoms with Gasteiger partial charge in [-0.15, -0.1) is 0 Å². The number of rotatable bonds is 8. The van der Waals surface area contributed by atoms with Gasteiger partial charge in [0, 0.05) is 19.4 Å². The van der Waals surface area contributed by atoms with Gasteiger partial charge in [-0.25, -0.2) is 0 Å². The van der Waals surface area contributed by atoms with Crippen LogP contribution in [0.25, 0.3) is 0 Å². The van der Waals surface area contributed by atoms with E-state index in [1.807, 2.05) is 24.3 Å². The number of allylic oxidation sites excluding steroid dienone is 1. The van der Waals surface area contributed by atoms with Crippen LogP contribution in [0.4, 0.5) is 0 Å². The van der Waals surface area contributed by atoms with Crippen molar-refractivity contribution >= 4 is 5.78 Å². The molecule has 1 aliphatic carbocycles. The minimum absolute atomic E-state index is 0.103. The summed E-state index contributed by atoms with van der Waals surface area (Å²) in [5, 5.41) is 12.4. The Balaban J connectivity index is 2.02. The van der Waals surface area contributed by atoms with Crippen LogP contribution in [-0.2, 0) is 31.0 Å². The molecule has 0 amide bonds. The van der Waals surface area contributed by atoms with Crippen molar-refractivity contribution in [2.75, 3.05) is 21.3 Å². The van der Waals surface area contributed by atoms with Crippen molar-refractivity contribution in [3.05, 3.63) is 89.2 Å². The van der Waals surface area contributed by atoms with Crippen LogP contribution in [0.2, 0.25) is 0 Å². The van der Waals surface area contributed by atoms with Crippen LogP contribution in [0, 0.1) is 0 Å². The highest BCUT2D eigenvalue weighted by Crippen LogP contribution is 2.64. The van der Waals surface area contributed by atoms with Gasteiger partial charge in [0.1, 0.15) is 17.1 Å². The first-order valence-electron chi connectivity index (χ1n) is 11.5. The monoisotopic (exact) mass is 464 g/mol. The maximum Gasteiger partial charge on any atom is 0.187 e. The average molecular weight is 465 g/mol. The van der Waals surface area contributed by atoms with E-state index in [-0.39, 0.29) is 23.5 Å².